The summed E-state index contributed by atoms with van der Waals surface area (Å²) in [6.45, 7) is 2.93. The highest BCUT2D eigenvalue weighted by atomic mass is 79.9. The highest BCUT2D eigenvalue weighted by molar-refractivity contribution is 9.10. The third kappa shape index (κ3) is 8.68. The number of aryl methyl sites for hydroxylation is 1. The molecule has 3 aliphatic heterocycles. The minimum Gasteiger partial charge on any atom is -0.384 e. The predicted molar refractivity (Wildman–Crippen MR) is 203 cm³/mol. The summed E-state index contributed by atoms with van der Waals surface area (Å²) in [5, 5.41) is 16.2. The number of likely N-dealkylation sites (N-methyl/N-ethyl adjacent to an activating group) is 1. The number of fused-ring (bicyclic) bond motifs is 1. The fourth-order valence-electron chi connectivity index (χ4n) is 7.37. The molecule has 3 aromatic rings. The van der Waals surface area contributed by atoms with Crippen LogP contribution in [0.3, 0.4) is 0 Å². The number of carbonyl (C=O) groups excluding carboxylic acids is 5. The van der Waals surface area contributed by atoms with E-state index in [1.807, 2.05) is 24.3 Å². The number of imide groups is 2. The summed E-state index contributed by atoms with van der Waals surface area (Å²) in [6, 6.07) is 12.0. The number of amides is 5. The molecule has 0 aliphatic carbocycles. The highest BCUT2D eigenvalue weighted by Gasteiger charge is 2.45. The molecule has 1 aromatic heterocycles. The van der Waals surface area contributed by atoms with Crippen LogP contribution in [-0.2, 0) is 16.6 Å². The van der Waals surface area contributed by atoms with Gasteiger partial charge < -0.3 is 20.9 Å². The van der Waals surface area contributed by atoms with Gasteiger partial charge in [0.1, 0.15) is 10.5 Å². The highest BCUT2D eigenvalue weighted by Crippen LogP contribution is 2.33. The Bertz CT molecular complexity index is 1950. The number of rotatable bonds is 14. The molecule has 280 valence electrons. The van der Waals surface area contributed by atoms with Gasteiger partial charge in [-0.15, -0.1) is 0 Å². The quantitative estimate of drug-likeness (QED) is 0.140. The first-order valence-corrected chi connectivity index (χ1v) is 18.9. The molecule has 0 bridgehead atoms. The Kier molecular flexibility index (Phi) is 12.0. The molecule has 0 radical (unpaired) electrons. The Labute approximate surface area is 316 Å². The van der Waals surface area contributed by atoms with Crippen LogP contribution in [0.1, 0.15) is 93.9 Å². The zero-order valence-corrected chi connectivity index (χ0v) is 31.5. The number of benzene rings is 2. The fraction of sp³-hybridized carbons (Fsp3) is 0.447. The van der Waals surface area contributed by atoms with E-state index in [-0.39, 0.29) is 47.4 Å². The number of aromatic nitrogens is 2. The van der Waals surface area contributed by atoms with Gasteiger partial charge in [0, 0.05) is 56.9 Å². The molecule has 53 heavy (non-hydrogen) atoms. The largest absolute Gasteiger partial charge is 0.384 e. The van der Waals surface area contributed by atoms with Gasteiger partial charge in [-0.25, -0.2) is 4.68 Å². The molecule has 2 aromatic carbocycles. The number of likely N-dealkylation sites (tertiary alicyclic amines) is 1. The topological polar surface area (TPSA) is 175 Å². The van der Waals surface area contributed by atoms with Crippen LogP contribution < -0.4 is 26.8 Å². The number of carbonyl (C=O) groups is 5. The van der Waals surface area contributed by atoms with Crippen molar-refractivity contribution in [1.82, 2.24) is 30.2 Å². The maximum absolute atomic E-state index is 13.3. The summed E-state index contributed by atoms with van der Waals surface area (Å²) in [7, 11) is 3.70. The molecule has 1 unspecified atom stereocenters. The molecule has 5 amide bonds. The smallest absolute Gasteiger partial charge is 0.282 e. The Hall–Kier alpha value is -4.89. The number of hydrogen-bond acceptors (Lipinski definition) is 10. The molecule has 15 heteroatoms. The lowest BCUT2D eigenvalue weighted by molar-refractivity contribution is -0.136. The van der Waals surface area contributed by atoms with Crippen LogP contribution in [0.2, 0.25) is 0 Å². The van der Waals surface area contributed by atoms with Gasteiger partial charge in [-0.2, -0.15) is 5.10 Å². The van der Waals surface area contributed by atoms with Crippen LogP contribution in [-0.4, -0.2) is 94.4 Å². The van der Waals surface area contributed by atoms with Crippen molar-refractivity contribution in [3.8, 4) is 0 Å². The Balaban J connectivity index is 0.886. The van der Waals surface area contributed by atoms with Crippen LogP contribution >= 0.6 is 15.9 Å². The van der Waals surface area contributed by atoms with Gasteiger partial charge >= 0.3 is 0 Å². The van der Waals surface area contributed by atoms with Gasteiger partial charge in [0.15, 0.2) is 0 Å². The summed E-state index contributed by atoms with van der Waals surface area (Å²) >= 11 is 3.40. The number of nitrogens with one attached hydrogen (secondary N) is 4. The van der Waals surface area contributed by atoms with E-state index in [4.69, 9.17) is 0 Å². The predicted octanol–water partition coefficient (Wildman–Crippen LogP) is 3.64. The van der Waals surface area contributed by atoms with Gasteiger partial charge in [-0.1, -0.05) is 37.5 Å². The number of halogens is 1. The van der Waals surface area contributed by atoms with Crippen molar-refractivity contribution < 1.29 is 24.0 Å². The van der Waals surface area contributed by atoms with Crippen LogP contribution in [0.25, 0.3) is 0 Å². The van der Waals surface area contributed by atoms with Gasteiger partial charge in [-0.05, 0) is 84.4 Å². The average Bonchev–Trinajstić information content (AvgIpc) is 3.40. The Morgan fingerprint density at radius 1 is 0.906 bits per heavy atom. The van der Waals surface area contributed by atoms with E-state index in [9.17, 15) is 28.8 Å². The molecular weight excluding hydrogens is 744 g/mol. The first-order valence-electron chi connectivity index (χ1n) is 18.1. The molecule has 6 rings (SSSR count). The second kappa shape index (κ2) is 16.8. The normalized spacial score (nSPS) is 20.3. The van der Waals surface area contributed by atoms with Crippen molar-refractivity contribution in [1.29, 1.82) is 0 Å². The fourth-order valence-corrected chi connectivity index (χ4v) is 7.85. The summed E-state index contributed by atoms with van der Waals surface area (Å²) in [6.07, 6.45) is 7.36. The van der Waals surface area contributed by atoms with Crippen LogP contribution in [0.4, 0.5) is 11.4 Å². The molecule has 2 saturated heterocycles. The number of unbranched alkanes of at least 4 members (excludes halogenated alkanes) is 4. The Morgan fingerprint density at radius 3 is 2.40 bits per heavy atom. The number of piperidine rings is 2. The van der Waals surface area contributed by atoms with E-state index in [1.54, 1.807) is 31.4 Å². The standard InChI is InChI=1S/C38H45BrN8O6/c1-45-21-25(19-26(22-45)43-29-20-42-46(2)38(53)33(29)39)23-11-13-24(14-12-23)34(49)41-18-7-5-3-4-6-17-40-28-10-8-9-27-32(28)37(52)47(36(27)51)30-15-16-31(48)44-35(30)50/h8-14,20,25-26,30,40,43H,3-7,15-19,21-22H2,1-2H3,(H,41,49)(H,44,48,50)/t25-,26+,30?/m1/s1. The SMILES string of the molecule is CN1C[C@@H](Nc2cnn(C)c(=O)c2Br)C[C@@H](c2ccc(C(=O)NCCCCCCCNc3cccc4c3C(=O)N(C3CCC(=O)NC3=O)C4=O)cc2)C1. The van der Waals surface area contributed by atoms with E-state index >= 15 is 0 Å². The number of hydrogen-bond donors (Lipinski definition) is 4. The van der Waals surface area contributed by atoms with Crippen LogP contribution in [0, 0.1) is 0 Å². The summed E-state index contributed by atoms with van der Waals surface area (Å²) in [4.78, 5) is 78.6. The van der Waals surface area contributed by atoms with Gasteiger partial charge in [0.2, 0.25) is 11.8 Å². The van der Waals surface area contributed by atoms with Crippen molar-refractivity contribution in [2.75, 3.05) is 43.9 Å². The molecule has 3 atom stereocenters. The van der Waals surface area contributed by atoms with Crippen molar-refractivity contribution >= 4 is 56.8 Å². The lowest BCUT2D eigenvalue weighted by Gasteiger charge is -2.37. The summed E-state index contributed by atoms with van der Waals surface area (Å²) in [5.74, 6) is -1.90. The maximum Gasteiger partial charge on any atom is 0.282 e. The van der Waals surface area contributed by atoms with Crippen molar-refractivity contribution in [3.05, 3.63) is 85.7 Å². The van der Waals surface area contributed by atoms with Gasteiger partial charge in [0.05, 0.1) is 23.0 Å². The molecule has 4 heterocycles. The Morgan fingerprint density at radius 2 is 1.64 bits per heavy atom. The lowest BCUT2D eigenvalue weighted by Crippen LogP contribution is -2.54. The molecular formula is C38H45BrN8O6. The van der Waals surface area contributed by atoms with E-state index in [2.05, 4.69) is 54.2 Å². The summed E-state index contributed by atoms with van der Waals surface area (Å²) in [5.41, 5.74) is 3.37. The van der Waals surface area contributed by atoms with E-state index in [1.165, 1.54) is 10.2 Å². The summed E-state index contributed by atoms with van der Waals surface area (Å²) < 4.78 is 1.76. The minimum absolute atomic E-state index is 0.0771. The van der Waals surface area contributed by atoms with E-state index in [0.717, 1.165) is 56.5 Å². The molecule has 2 fully saturated rings. The van der Waals surface area contributed by atoms with E-state index in [0.29, 0.717) is 34.5 Å². The number of anilines is 2. The maximum atomic E-state index is 13.3. The third-order valence-electron chi connectivity index (χ3n) is 10.1. The first-order chi connectivity index (χ1) is 25.5. The zero-order chi connectivity index (χ0) is 37.6. The molecule has 4 N–H and O–H groups in total. The second-order valence-electron chi connectivity index (χ2n) is 14.0. The monoisotopic (exact) mass is 788 g/mol. The van der Waals surface area contributed by atoms with E-state index < -0.39 is 29.7 Å². The van der Waals surface area contributed by atoms with Crippen LogP contribution in [0.15, 0.2) is 57.9 Å². The number of nitrogens with zero attached hydrogens (tertiary/aromatic N) is 4. The molecule has 14 nitrogen and oxygen atoms in total. The van der Waals surface area contributed by atoms with Crippen LogP contribution in [0.5, 0.6) is 0 Å². The molecule has 0 spiro atoms. The third-order valence-corrected chi connectivity index (χ3v) is 10.9. The van der Waals surface area contributed by atoms with Crippen molar-refractivity contribution in [3.63, 3.8) is 0 Å². The molecule has 0 saturated carbocycles. The second-order valence-corrected chi connectivity index (χ2v) is 14.8. The van der Waals surface area contributed by atoms with Crippen molar-refractivity contribution in [2.45, 2.75) is 69.4 Å². The molecule has 3 aliphatic rings. The lowest BCUT2D eigenvalue weighted by atomic mass is 9.87. The van der Waals surface area contributed by atoms with Gasteiger partial charge in [-0.3, -0.25) is 39.0 Å². The first kappa shape index (κ1) is 37.9. The van der Waals surface area contributed by atoms with Crippen molar-refractivity contribution in [2.24, 2.45) is 7.05 Å². The average molecular weight is 790 g/mol. The zero-order valence-electron chi connectivity index (χ0n) is 30.0. The minimum atomic E-state index is -0.994. The van der Waals surface area contributed by atoms with Gasteiger partial charge in [0.25, 0.3) is 23.3 Å².